The summed E-state index contributed by atoms with van der Waals surface area (Å²) in [5, 5.41) is 21.5. The van der Waals surface area contributed by atoms with E-state index in [-0.39, 0.29) is 32.6 Å². The highest BCUT2D eigenvalue weighted by Gasteiger charge is 2.46. The maximum atomic E-state index is 13.0. The number of carboxylic acids is 1. The number of hydrogen-bond acceptors (Lipinski definition) is 9. The third-order valence-electron chi connectivity index (χ3n) is 5.21. The minimum absolute atomic E-state index is 0.0524. The van der Waals surface area contributed by atoms with Crippen LogP contribution in [0.25, 0.3) is 0 Å². The first-order valence-electron chi connectivity index (χ1n) is 10.7. The fourth-order valence-corrected chi connectivity index (χ4v) is 3.45. The Morgan fingerprint density at radius 2 is 1.94 bits per heavy atom. The minimum atomic E-state index is -1.22. The molecular formula is C21H28N4O9. The fourth-order valence-electron chi connectivity index (χ4n) is 3.45. The van der Waals surface area contributed by atoms with Gasteiger partial charge in [-0.3, -0.25) is 14.9 Å². The van der Waals surface area contributed by atoms with Gasteiger partial charge >= 0.3 is 18.0 Å². The van der Waals surface area contributed by atoms with E-state index in [1.807, 2.05) is 30.3 Å². The first-order valence-corrected chi connectivity index (χ1v) is 10.7. The lowest BCUT2D eigenvalue weighted by molar-refractivity contribution is -0.757. The van der Waals surface area contributed by atoms with Crippen LogP contribution in [-0.2, 0) is 30.4 Å². The van der Waals surface area contributed by atoms with Crippen LogP contribution in [0, 0.1) is 10.1 Å². The Morgan fingerprint density at radius 3 is 2.56 bits per heavy atom. The highest BCUT2D eigenvalue weighted by Crippen LogP contribution is 2.18. The summed E-state index contributed by atoms with van der Waals surface area (Å²) in [6.45, 7) is 0.853. The minimum Gasteiger partial charge on any atom is -0.480 e. The van der Waals surface area contributed by atoms with Gasteiger partial charge in [-0.05, 0) is 25.3 Å². The number of ether oxygens (including phenoxy) is 1. The molecule has 1 aromatic carbocycles. The number of carbonyl (C=O) groups is 4. The average Bonchev–Trinajstić information content (AvgIpc) is 3.10. The summed E-state index contributed by atoms with van der Waals surface area (Å²) < 4.78 is 5.04. The van der Waals surface area contributed by atoms with Crippen molar-refractivity contribution in [2.45, 2.75) is 44.3 Å². The summed E-state index contributed by atoms with van der Waals surface area (Å²) in [7, 11) is 1.42. The summed E-state index contributed by atoms with van der Waals surface area (Å²) >= 11 is 0. The molecule has 2 N–H and O–H groups in total. The third-order valence-corrected chi connectivity index (χ3v) is 5.21. The van der Waals surface area contributed by atoms with Crippen molar-refractivity contribution in [3.63, 3.8) is 0 Å². The molecule has 1 aromatic rings. The molecule has 0 radical (unpaired) electrons. The van der Waals surface area contributed by atoms with Crippen molar-refractivity contribution < 1.29 is 38.9 Å². The molecule has 0 bridgehead atoms. The number of aryl methyl sites for hydroxylation is 1. The van der Waals surface area contributed by atoms with E-state index in [1.165, 1.54) is 18.9 Å². The first kappa shape index (κ1) is 26.5. The first-order chi connectivity index (χ1) is 16.1. The number of nitrogens with zero attached hydrogens (tertiary/aromatic N) is 3. The van der Waals surface area contributed by atoms with E-state index < -0.39 is 47.1 Å². The SMILES string of the molecule is CC(NC(CCc1ccccc1)C(=O)O)C(=O)N1C(=O)N(C)CC1C(=O)OCCCO[N+](=O)[O-]. The molecule has 0 saturated carbocycles. The third kappa shape index (κ3) is 7.40. The van der Waals surface area contributed by atoms with E-state index in [4.69, 9.17) is 4.74 Å². The van der Waals surface area contributed by atoms with Crippen LogP contribution in [0.4, 0.5) is 4.79 Å². The van der Waals surface area contributed by atoms with Gasteiger partial charge in [-0.2, -0.15) is 0 Å². The molecule has 13 nitrogen and oxygen atoms in total. The maximum Gasteiger partial charge on any atom is 0.331 e. The van der Waals surface area contributed by atoms with Crippen molar-refractivity contribution in [3.05, 3.63) is 46.0 Å². The quantitative estimate of drug-likeness (QED) is 0.175. The van der Waals surface area contributed by atoms with Gasteiger partial charge in [0.1, 0.15) is 6.04 Å². The lowest BCUT2D eigenvalue weighted by Gasteiger charge is -2.26. The predicted molar refractivity (Wildman–Crippen MR) is 116 cm³/mol. The smallest absolute Gasteiger partial charge is 0.331 e. The van der Waals surface area contributed by atoms with Crippen LogP contribution in [0.15, 0.2) is 30.3 Å². The van der Waals surface area contributed by atoms with E-state index >= 15 is 0 Å². The summed E-state index contributed by atoms with van der Waals surface area (Å²) in [6.07, 6.45) is 0.728. The molecule has 34 heavy (non-hydrogen) atoms. The van der Waals surface area contributed by atoms with Gasteiger partial charge in [0, 0.05) is 13.5 Å². The van der Waals surface area contributed by atoms with Crippen LogP contribution >= 0.6 is 0 Å². The molecule has 0 aliphatic carbocycles. The van der Waals surface area contributed by atoms with Gasteiger partial charge < -0.3 is 19.6 Å². The van der Waals surface area contributed by atoms with Crippen molar-refractivity contribution in [3.8, 4) is 0 Å². The number of imide groups is 1. The molecule has 13 heteroatoms. The number of aliphatic carboxylic acids is 1. The van der Waals surface area contributed by atoms with Crippen LogP contribution in [0.2, 0.25) is 0 Å². The number of nitrogens with one attached hydrogen (secondary N) is 1. The molecule has 3 atom stereocenters. The molecule has 1 saturated heterocycles. The largest absolute Gasteiger partial charge is 0.480 e. The highest BCUT2D eigenvalue weighted by molar-refractivity contribution is 6.03. The van der Waals surface area contributed by atoms with Gasteiger partial charge in [0.05, 0.1) is 25.8 Å². The maximum absolute atomic E-state index is 13.0. The van der Waals surface area contributed by atoms with Gasteiger partial charge in [0.25, 0.3) is 5.09 Å². The number of carbonyl (C=O) groups excluding carboxylic acids is 3. The topological polar surface area (TPSA) is 169 Å². The number of amides is 3. The van der Waals surface area contributed by atoms with E-state index in [1.54, 1.807) is 0 Å². The van der Waals surface area contributed by atoms with E-state index in [0.29, 0.717) is 6.42 Å². The summed E-state index contributed by atoms with van der Waals surface area (Å²) in [6, 6.07) is 5.20. The number of likely N-dealkylation sites (N-methyl/N-ethyl adjacent to an activating group) is 1. The summed E-state index contributed by atoms with van der Waals surface area (Å²) in [4.78, 5) is 65.9. The van der Waals surface area contributed by atoms with Crippen LogP contribution in [0.5, 0.6) is 0 Å². The summed E-state index contributed by atoms with van der Waals surface area (Å²) in [5.41, 5.74) is 0.942. The van der Waals surface area contributed by atoms with Crippen LogP contribution in [0.1, 0.15) is 25.3 Å². The molecule has 3 unspecified atom stereocenters. The Hall–Kier alpha value is -3.74. The predicted octanol–water partition coefficient (Wildman–Crippen LogP) is 0.455. The number of hydrogen-bond donors (Lipinski definition) is 2. The molecule has 1 heterocycles. The van der Waals surface area contributed by atoms with E-state index in [2.05, 4.69) is 10.2 Å². The molecular weight excluding hydrogens is 452 g/mol. The number of carboxylic acid groups (broad SMARTS) is 1. The number of rotatable bonds is 13. The molecule has 1 fully saturated rings. The highest BCUT2D eigenvalue weighted by atomic mass is 16.9. The van der Waals surface area contributed by atoms with Crippen molar-refractivity contribution in [1.29, 1.82) is 0 Å². The Kier molecular flexibility index (Phi) is 9.74. The van der Waals surface area contributed by atoms with Gasteiger partial charge in [-0.15, -0.1) is 10.1 Å². The second-order valence-corrected chi connectivity index (χ2v) is 7.77. The van der Waals surface area contributed by atoms with Crippen LogP contribution < -0.4 is 5.32 Å². The molecule has 3 amide bonds. The van der Waals surface area contributed by atoms with Crippen LogP contribution in [0.3, 0.4) is 0 Å². The van der Waals surface area contributed by atoms with Crippen molar-refractivity contribution in [1.82, 2.24) is 15.1 Å². The van der Waals surface area contributed by atoms with Gasteiger partial charge in [-0.1, -0.05) is 30.3 Å². The molecule has 2 rings (SSSR count). The van der Waals surface area contributed by atoms with Gasteiger partial charge in [0.15, 0.2) is 6.04 Å². The lowest BCUT2D eigenvalue weighted by Crippen LogP contribution is -2.54. The molecule has 1 aliphatic rings. The Morgan fingerprint density at radius 1 is 1.26 bits per heavy atom. The van der Waals surface area contributed by atoms with Gasteiger partial charge in [0.2, 0.25) is 5.91 Å². The van der Waals surface area contributed by atoms with E-state index in [9.17, 15) is 34.4 Å². The standard InChI is InChI=1S/C21H28N4O9/c1-14(22-16(19(27)28)10-9-15-7-4-3-5-8-15)18(26)24-17(13-23(2)21(24)30)20(29)33-11-6-12-34-25(31)32/h3-5,7-8,14,16-17,22H,6,9-13H2,1-2H3,(H,27,28). The second-order valence-electron chi connectivity index (χ2n) is 7.77. The van der Waals surface area contributed by atoms with Crippen molar-refractivity contribution >= 4 is 23.9 Å². The van der Waals surface area contributed by atoms with Crippen molar-refractivity contribution in [2.75, 3.05) is 26.8 Å². The molecule has 1 aliphatic heterocycles. The Bertz CT molecular complexity index is 895. The fraction of sp³-hybridized carbons (Fsp3) is 0.524. The number of esters is 1. The number of urea groups is 1. The monoisotopic (exact) mass is 480 g/mol. The zero-order valence-electron chi connectivity index (χ0n) is 18.9. The second kappa shape index (κ2) is 12.5. The zero-order valence-corrected chi connectivity index (χ0v) is 18.9. The Balaban J connectivity index is 1.98. The zero-order chi connectivity index (χ0) is 25.3. The van der Waals surface area contributed by atoms with E-state index in [0.717, 1.165) is 10.5 Å². The van der Waals surface area contributed by atoms with Crippen molar-refractivity contribution in [2.24, 2.45) is 0 Å². The normalized spacial score (nSPS) is 17.2. The Labute approximate surface area is 195 Å². The lowest BCUT2D eigenvalue weighted by atomic mass is 10.0. The molecule has 0 spiro atoms. The average molecular weight is 480 g/mol. The molecule has 186 valence electrons. The summed E-state index contributed by atoms with van der Waals surface area (Å²) in [5.74, 6) is -2.76. The van der Waals surface area contributed by atoms with Crippen LogP contribution in [-0.4, -0.2) is 88.8 Å². The van der Waals surface area contributed by atoms with Gasteiger partial charge in [-0.25, -0.2) is 14.5 Å². The molecule has 0 aromatic heterocycles. The number of benzene rings is 1.